The van der Waals surface area contributed by atoms with Crippen LogP contribution in [0.5, 0.6) is 5.75 Å². The molecule has 28 heavy (non-hydrogen) atoms. The summed E-state index contributed by atoms with van der Waals surface area (Å²) in [5.41, 5.74) is 1.98. The second-order valence-electron chi connectivity index (χ2n) is 6.25. The molecule has 0 atom stereocenters. The second-order valence-corrected chi connectivity index (χ2v) is 6.68. The zero-order valence-electron chi connectivity index (χ0n) is 15.7. The smallest absolute Gasteiger partial charge is 0.344 e. The van der Waals surface area contributed by atoms with Gasteiger partial charge in [0.25, 0.3) is 0 Å². The molecule has 7 nitrogen and oxygen atoms in total. The van der Waals surface area contributed by atoms with Crippen molar-refractivity contribution in [3.8, 4) is 11.6 Å². The zero-order valence-corrected chi connectivity index (χ0v) is 16.4. The average molecular weight is 403 g/mol. The first kappa shape index (κ1) is 19.7. The Kier molecular flexibility index (Phi) is 5.84. The average Bonchev–Trinajstić information content (AvgIpc) is 3.20. The van der Waals surface area contributed by atoms with Gasteiger partial charge in [-0.2, -0.15) is 0 Å². The SMILES string of the molecule is Cc1cc(-n2c(C)cc(C(=O)COC(=O)COc3cccc(Cl)c3)c2C)no1. The van der Waals surface area contributed by atoms with Crippen molar-refractivity contribution in [1.29, 1.82) is 0 Å². The lowest BCUT2D eigenvalue weighted by molar-refractivity contribution is -0.144. The van der Waals surface area contributed by atoms with Crippen LogP contribution in [-0.4, -0.2) is 34.7 Å². The fourth-order valence-electron chi connectivity index (χ4n) is 2.82. The molecule has 0 aliphatic rings. The number of nitrogens with zero attached hydrogens (tertiary/aromatic N) is 2. The topological polar surface area (TPSA) is 83.6 Å². The Balaban J connectivity index is 1.60. The predicted octanol–water partition coefficient (Wildman–Crippen LogP) is 3.85. The zero-order chi connectivity index (χ0) is 20.3. The molecule has 0 spiro atoms. The molecule has 0 N–H and O–H groups in total. The lowest BCUT2D eigenvalue weighted by Gasteiger charge is -2.07. The van der Waals surface area contributed by atoms with Gasteiger partial charge >= 0.3 is 5.97 Å². The number of aromatic nitrogens is 2. The largest absolute Gasteiger partial charge is 0.482 e. The third-order valence-electron chi connectivity index (χ3n) is 4.09. The number of hydrogen-bond acceptors (Lipinski definition) is 6. The van der Waals surface area contributed by atoms with Crippen LogP contribution in [-0.2, 0) is 9.53 Å². The van der Waals surface area contributed by atoms with Gasteiger partial charge in [0.05, 0.1) is 0 Å². The van der Waals surface area contributed by atoms with E-state index in [9.17, 15) is 9.59 Å². The van der Waals surface area contributed by atoms with Crippen LogP contribution in [0.25, 0.3) is 5.82 Å². The van der Waals surface area contributed by atoms with E-state index in [1.54, 1.807) is 50.2 Å². The van der Waals surface area contributed by atoms with Gasteiger partial charge in [0.1, 0.15) is 11.5 Å². The Labute approximate surface area is 166 Å². The number of ketones is 1. The van der Waals surface area contributed by atoms with Crippen LogP contribution < -0.4 is 4.74 Å². The van der Waals surface area contributed by atoms with Gasteiger partial charge in [0.15, 0.2) is 19.0 Å². The standard InChI is InChI=1S/C20H19ClN2O5/c1-12-7-17(14(3)23(12)19-8-13(2)28-22-19)18(24)10-27-20(25)11-26-16-6-4-5-15(21)9-16/h4-9H,10-11H2,1-3H3. The van der Waals surface area contributed by atoms with Crippen LogP contribution in [0.3, 0.4) is 0 Å². The summed E-state index contributed by atoms with van der Waals surface area (Å²) in [6, 6.07) is 10.2. The normalized spacial score (nSPS) is 10.7. The molecule has 0 bridgehead atoms. The molecule has 0 saturated carbocycles. The molecular weight excluding hydrogens is 384 g/mol. The number of carbonyl (C=O) groups excluding carboxylic acids is 2. The summed E-state index contributed by atoms with van der Waals surface area (Å²) in [4.78, 5) is 24.4. The fourth-order valence-corrected chi connectivity index (χ4v) is 3.00. The third kappa shape index (κ3) is 4.43. The van der Waals surface area contributed by atoms with E-state index in [1.807, 2.05) is 11.5 Å². The van der Waals surface area contributed by atoms with Crippen molar-refractivity contribution in [2.45, 2.75) is 20.8 Å². The molecular formula is C20H19ClN2O5. The van der Waals surface area contributed by atoms with Crippen molar-refractivity contribution in [2.24, 2.45) is 0 Å². The van der Waals surface area contributed by atoms with Crippen molar-refractivity contribution < 1.29 is 23.6 Å². The van der Waals surface area contributed by atoms with Gasteiger partial charge in [-0.25, -0.2) is 4.79 Å². The van der Waals surface area contributed by atoms with E-state index in [2.05, 4.69) is 5.16 Å². The fraction of sp³-hybridized carbons (Fsp3) is 0.250. The lowest BCUT2D eigenvalue weighted by Crippen LogP contribution is -2.19. The van der Waals surface area contributed by atoms with Crippen molar-refractivity contribution in [3.63, 3.8) is 0 Å². The summed E-state index contributed by atoms with van der Waals surface area (Å²) in [6.07, 6.45) is 0. The van der Waals surface area contributed by atoms with E-state index in [1.165, 1.54) is 0 Å². The molecule has 0 fully saturated rings. The Morgan fingerprint density at radius 3 is 2.61 bits per heavy atom. The van der Waals surface area contributed by atoms with E-state index in [0.717, 1.165) is 5.69 Å². The summed E-state index contributed by atoms with van der Waals surface area (Å²) in [7, 11) is 0. The molecule has 2 heterocycles. The van der Waals surface area contributed by atoms with Gasteiger partial charge < -0.3 is 14.0 Å². The first-order valence-corrected chi connectivity index (χ1v) is 8.93. The van der Waals surface area contributed by atoms with E-state index >= 15 is 0 Å². The quantitative estimate of drug-likeness (QED) is 0.441. The number of ether oxygens (including phenoxy) is 2. The van der Waals surface area contributed by atoms with Gasteiger partial charge in [-0.1, -0.05) is 22.8 Å². The molecule has 0 aliphatic heterocycles. The maximum atomic E-state index is 12.5. The molecule has 2 aromatic heterocycles. The molecule has 146 valence electrons. The highest BCUT2D eigenvalue weighted by molar-refractivity contribution is 6.30. The molecule has 3 rings (SSSR count). The third-order valence-corrected chi connectivity index (χ3v) is 4.33. The van der Waals surface area contributed by atoms with E-state index < -0.39 is 5.97 Å². The first-order valence-electron chi connectivity index (χ1n) is 8.55. The number of carbonyl (C=O) groups is 2. The van der Waals surface area contributed by atoms with E-state index in [-0.39, 0.29) is 19.0 Å². The van der Waals surface area contributed by atoms with Gasteiger partial charge in [0, 0.05) is 28.0 Å². The van der Waals surface area contributed by atoms with Gasteiger partial charge in [0.2, 0.25) is 5.78 Å². The van der Waals surface area contributed by atoms with Gasteiger partial charge in [-0.05, 0) is 45.0 Å². The highest BCUT2D eigenvalue weighted by Crippen LogP contribution is 2.21. The molecule has 1 aromatic carbocycles. The van der Waals surface area contributed by atoms with E-state index in [4.69, 9.17) is 25.6 Å². The van der Waals surface area contributed by atoms with Crippen LogP contribution in [0.2, 0.25) is 5.02 Å². The van der Waals surface area contributed by atoms with Crippen LogP contribution in [0, 0.1) is 20.8 Å². The van der Waals surface area contributed by atoms with Crippen LogP contribution in [0.15, 0.2) is 40.9 Å². The number of esters is 1. The summed E-state index contributed by atoms with van der Waals surface area (Å²) in [6.45, 7) is 4.76. The van der Waals surface area contributed by atoms with Crippen LogP contribution in [0.4, 0.5) is 0 Å². The molecule has 8 heteroatoms. The number of hydrogen-bond donors (Lipinski definition) is 0. The molecule has 0 unspecified atom stereocenters. The molecule has 0 aliphatic carbocycles. The number of aryl methyl sites for hydroxylation is 2. The Morgan fingerprint density at radius 1 is 1.14 bits per heavy atom. The number of rotatable bonds is 7. The maximum Gasteiger partial charge on any atom is 0.344 e. The number of benzene rings is 1. The van der Waals surface area contributed by atoms with Crippen molar-refractivity contribution in [3.05, 3.63) is 64.1 Å². The minimum Gasteiger partial charge on any atom is -0.482 e. The highest BCUT2D eigenvalue weighted by atomic mass is 35.5. The first-order chi connectivity index (χ1) is 13.3. The summed E-state index contributed by atoms with van der Waals surface area (Å²) < 4.78 is 17.2. The molecule has 0 amide bonds. The number of halogens is 1. The second kappa shape index (κ2) is 8.31. The minimum atomic E-state index is -0.644. The predicted molar refractivity (Wildman–Crippen MR) is 102 cm³/mol. The Bertz CT molecular complexity index is 1020. The summed E-state index contributed by atoms with van der Waals surface area (Å²) >= 11 is 5.85. The minimum absolute atomic E-state index is 0.310. The van der Waals surface area contributed by atoms with Crippen LogP contribution >= 0.6 is 11.6 Å². The van der Waals surface area contributed by atoms with Crippen molar-refractivity contribution in [1.82, 2.24) is 9.72 Å². The summed E-state index contributed by atoms with van der Waals surface area (Å²) in [5.74, 6) is 0.759. The number of Topliss-reactive ketones (excluding diaryl/α,β-unsaturated/α-hetero) is 1. The summed E-state index contributed by atoms with van der Waals surface area (Å²) in [5, 5.41) is 4.48. The maximum absolute atomic E-state index is 12.5. The molecule has 0 radical (unpaired) electrons. The molecule has 0 saturated heterocycles. The monoisotopic (exact) mass is 402 g/mol. The Morgan fingerprint density at radius 2 is 1.93 bits per heavy atom. The highest BCUT2D eigenvalue weighted by Gasteiger charge is 2.19. The van der Waals surface area contributed by atoms with Crippen molar-refractivity contribution in [2.75, 3.05) is 13.2 Å². The van der Waals surface area contributed by atoms with Gasteiger partial charge in [-0.3, -0.25) is 9.36 Å². The van der Waals surface area contributed by atoms with Crippen LogP contribution in [0.1, 0.15) is 27.5 Å². The van der Waals surface area contributed by atoms with Gasteiger partial charge in [-0.15, -0.1) is 0 Å². The Hall–Kier alpha value is -3.06. The van der Waals surface area contributed by atoms with E-state index in [0.29, 0.717) is 33.6 Å². The van der Waals surface area contributed by atoms with Crippen molar-refractivity contribution >= 4 is 23.4 Å². The lowest BCUT2D eigenvalue weighted by atomic mass is 10.1. The molecule has 3 aromatic rings.